The zero-order chi connectivity index (χ0) is 18.6. The molecule has 0 heterocycles. The minimum atomic E-state index is -4.51. The lowest BCUT2D eigenvalue weighted by Crippen LogP contribution is -2.19. The summed E-state index contributed by atoms with van der Waals surface area (Å²) in [7, 11) is 1.51. The number of carbonyl (C=O) groups excluding carboxylic acids is 1. The molecule has 0 aliphatic rings. The second kappa shape index (κ2) is 7.57. The van der Waals surface area contributed by atoms with Crippen LogP contribution in [0.2, 0.25) is 0 Å². The molecular formula is C18H19F3N2O2. The fourth-order valence-corrected chi connectivity index (χ4v) is 2.36. The fraction of sp³-hybridized carbons (Fsp3) is 0.278. The van der Waals surface area contributed by atoms with E-state index in [0.717, 1.165) is 12.1 Å². The Balaban J connectivity index is 2.24. The smallest absolute Gasteiger partial charge is 0.416 e. The van der Waals surface area contributed by atoms with Crippen LogP contribution in [-0.4, -0.2) is 13.0 Å². The number of ether oxygens (including phenoxy) is 1. The predicted octanol–water partition coefficient (Wildman–Crippen LogP) is 3.91. The Morgan fingerprint density at radius 3 is 2.56 bits per heavy atom. The highest BCUT2D eigenvalue weighted by molar-refractivity contribution is 5.95. The normalized spacial score (nSPS) is 12.6. The summed E-state index contributed by atoms with van der Waals surface area (Å²) in [6, 6.07) is 10.3. The summed E-state index contributed by atoms with van der Waals surface area (Å²) in [4.78, 5) is 12.4. The number of nitrogens with two attached hydrogens (primary N) is 1. The minimum Gasteiger partial charge on any atom is -0.497 e. The van der Waals surface area contributed by atoms with Gasteiger partial charge in [-0.1, -0.05) is 12.1 Å². The molecule has 1 unspecified atom stereocenters. The quantitative estimate of drug-likeness (QED) is 0.857. The largest absolute Gasteiger partial charge is 0.497 e. The van der Waals surface area contributed by atoms with Crippen LogP contribution in [0.5, 0.6) is 5.75 Å². The summed E-state index contributed by atoms with van der Waals surface area (Å²) in [5.41, 5.74) is 5.66. The molecule has 0 fully saturated rings. The molecule has 0 bridgehead atoms. The van der Waals surface area contributed by atoms with Crippen LogP contribution in [0.25, 0.3) is 0 Å². The molecule has 0 radical (unpaired) electrons. The monoisotopic (exact) mass is 352 g/mol. The molecule has 1 amide bonds. The number of rotatable bonds is 5. The highest BCUT2D eigenvalue weighted by atomic mass is 19.4. The molecular weight excluding hydrogens is 333 g/mol. The SMILES string of the molecule is COc1cccc(C(C)C(=O)Nc2cc(CN)cc(C(F)(F)F)c2)c1. The highest BCUT2D eigenvalue weighted by Gasteiger charge is 2.31. The van der Waals surface area contributed by atoms with Crippen LogP contribution in [0.4, 0.5) is 18.9 Å². The molecule has 7 heteroatoms. The van der Waals surface area contributed by atoms with Crippen molar-refractivity contribution in [1.29, 1.82) is 0 Å². The maximum Gasteiger partial charge on any atom is 0.416 e. The number of benzene rings is 2. The van der Waals surface area contributed by atoms with Crippen molar-refractivity contribution in [2.45, 2.75) is 25.6 Å². The summed E-state index contributed by atoms with van der Waals surface area (Å²) in [5.74, 6) is -0.386. The van der Waals surface area contributed by atoms with Gasteiger partial charge in [0.2, 0.25) is 5.91 Å². The van der Waals surface area contributed by atoms with Gasteiger partial charge in [0, 0.05) is 12.2 Å². The molecule has 0 aliphatic carbocycles. The van der Waals surface area contributed by atoms with Crippen molar-refractivity contribution >= 4 is 11.6 Å². The van der Waals surface area contributed by atoms with Crippen molar-refractivity contribution in [3.63, 3.8) is 0 Å². The van der Waals surface area contributed by atoms with Crippen molar-refractivity contribution in [2.24, 2.45) is 5.73 Å². The van der Waals surface area contributed by atoms with E-state index in [2.05, 4.69) is 5.32 Å². The number of amides is 1. The molecule has 3 N–H and O–H groups in total. The third kappa shape index (κ3) is 4.73. The average molecular weight is 352 g/mol. The number of carbonyl (C=O) groups is 1. The third-order valence-corrected chi connectivity index (χ3v) is 3.81. The molecule has 0 aliphatic heterocycles. The first-order valence-electron chi connectivity index (χ1n) is 7.60. The van der Waals surface area contributed by atoms with Gasteiger partial charge in [0.05, 0.1) is 18.6 Å². The third-order valence-electron chi connectivity index (χ3n) is 3.81. The van der Waals surface area contributed by atoms with Crippen LogP contribution in [0, 0.1) is 0 Å². The zero-order valence-corrected chi connectivity index (χ0v) is 13.9. The first-order valence-corrected chi connectivity index (χ1v) is 7.60. The molecule has 0 saturated heterocycles. The van der Waals surface area contributed by atoms with E-state index in [1.807, 2.05) is 0 Å². The molecule has 2 aromatic rings. The minimum absolute atomic E-state index is 0.0573. The van der Waals surface area contributed by atoms with E-state index in [9.17, 15) is 18.0 Å². The molecule has 4 nitrogen and oxygen atoms in total. The summed E-state index contributed by atoms with van der Waals surface area (Å²) in [6.07, 6.45) is -4.51. The second-order valence-corrected chi connectivity index (χ2v) is 5.61. The molecule has 2 aromatic carbocycles. The molecule has 134 valence electrons. The van der Waals surface area contributed by atoms with Crippen molar-refractivity contribution in [2.75, 3.05) is 12.4 Å². The van der Waals surface area contributed by atoms with Crippen molar-refractivity contribution < 1.29 is 22.7 Å². The van der Waals surface area contributed by atoms with E-state index in [-0.39, 0.29) is 12.2 Å². The number of anilines is 1. The topological polar surface area (TPSA) is 64.3 Å². The van der Waals surface area contributed by atoms with E-state index in [1.54, 1.807) is 31.2 Å². The van der Waals surface area contributed by atoms with Crippen LogP contribution >= 0.6 is 0 Å². The molecule has 0 spiro atoms. The lowest BCUT2D eigenvalue weighted by atomic mass is 9.99. The van der Waals surface area contributed by atoms with Crippen LogP contribution in [-0.2, 0) is 17.5 Å². The Morgan fingerprint density at radius 2 is 1.96 bits per heavy atom. The first-order chi connectivity index (χ1) is 11.7. The Kier molecular flexibility index (Phi) is 5.69. The van der Waals surface area contributed by atoms with E-state index in [1.165, 1.54) is 13.2 Å². The molecule has 1 atom stereocenters. The number of hydrogen-bond donors (Lipinski definition) is 2. The van der Waals surface area contributed by atoms with Crippen LogP contribution in [0.3, 0.4) is 0 Å². The van der Waals surface area contributed by atoms with Gasteiger partial charge >= 0.3 is 6.18 Å². The Hall–Kier alpha value is -2.54. The molecule has 2 rings (SSSR count). The average Bonchev–Trinajstić information content (AvgIpc) is 2.59. The number of methoxy groups -OCH3 is 1. The van der Waals surface area contributed by atoms with E-state index < -0.39 is 23.6 Å². The summed E-state index contributed by atoms with van der Waals surface area (Å²) in [5, 5.41) is 2.53. The maximum atomic E-state index is 13.0. The van der Waals surface area contributed by atoms with Crippen LogP contribution in [0.15, 0.2) is 42.5 Å². The lowest BCUT2D eigenvalue weighted by molar-refractivity contribution is -0.137. The standard InChI is InChI=1S/C18H19F3N2O2/c1-11(13-4-3-5-16(8-13)25-2)17(24)23-15-7-12(10-22)6-14(9-15)18(19,20)21/h3-9,11H,10,22H2,1-2H3,(H,23,24). The summed E-state index contributed by atoms with van der Waals surface area (Å²) in [6.45, 7) is 1.61. The highest BCUT2D eigenvalue weighted by Crippen LogP contribution is 2.32. The van der Waals surface area contributed by atoms with Gasteiger partial charge in [0.15, 0.2) is 0 Å². The van der Waals surface area contributed by atoms with Gasteiger partial charge in [0.1, 0.15) is 5.75 Å². The Morgan fingerprint density at radius 1 is 1.24 bits per heavy atom. The van der Waals surface area contributed by atoms with Crippen LogP contribution < -0.4 is 15.8 Å². The maximum absolute atomic E-state index is 13.0. The number of alkyl halides is 3. The fourth-order valence-electron chi connectivity index (χ4n) is 2.36. The van der Waals surface area contributed by atoms with Gasteiger partial charge < -0.3 is 15.8 Å². The van der Waals surface area contributed by atoms with Crippen molar-refractivity contribution in [1.82, 2.24) is 0 Å². The molecule has 0 aromatic heterocycles. The molecule has 0 saturated carbocycles. The van der Waals surface area contributed by atoms with Gasteiger partial charge in [-0.05, 0) is 48.4 Å². The number of hydrogen-bond acceptors (Lipinski definition) is 3. The predicted molar refractivity (Wildman–Crippen MR) is 89.4 cm³/mol. The first kappa shape index (κ1) is 18.8. The Bertz CT molecular complexity index is 760. The number of nitrogens with one attached hydrogen (secondary N) is 1. The van der Waals surface area contributed by atoms with Gasteiger partial charge in [-0.25, -0.2) is 0 Å². The van der Waals surface area contributed by atoms with Gasteiger partial charge in [0.25, 0.3) is 0 Å². The van der Waals surface area contributed by atoms with E-state index in [4.69, 9.17) is 10.5 Å². The van der Waals surface area contributed by atoms with Gasteiger partial charge in [-0.15, -0.1) is 0 Å². The summed E-state index contributed by atoms with van der Waals surface area (Å²) >= 11 is 0. The molecule has 25 heavy (non-hydrogen) atoms. The summed E-state index contributed by atoms with van der Waals surface area (Å²) < 4.78 is 44.0. The van der Waals surface area contributed by atoms with Crippen molar-refractivity contribution in [3.05, 3.63) is 59.2 Å². The van der Waals surface area contributed by atoms with Crippen LogP contribution in [0.1, 0.15) is 29.5 Å². The van der Waals surface area contributed by atoms with Gasteiger partial charge in [-0.2, -0.15) is 13.2 Å². The van der Waals surface area contributed by atoms with Crippen molar-refractivity contribution in [3.8, 4) is 5.75 Å². The Labute approximate surface area is 143 Å². The lowest BCUT2D eigenvalue weighted by Gasteiger charge is -2.16. The second-order valence-electron chi connectivity index (χ2n) is 5.61. The van der Waals surface area contributed by atoms with E-state index in [0.29, 0.717) is 16.9 Å². The number of halogens is 3. The van der Waals surface area contributed by atoms with E-state index >= 15 is 0 Å². The zero-order valence-electron chi connectivity index (χ0n) is 13.9. The van der Waals surface area contributed by atoms with Gasteiger partial charge in [-0.3, -0.25) is 4.79 Å².